The molecule has 1 fully saturated rings. The lowest BCUT2D eigenvalue weighted by molar-refractivity contribution is 0.344. The van der Waals surface area contributed by atoms with Crippen LogP contribution in [0.3, 0.4) is 0 Å². The molecule has 1 aromatic carbocycles. The van der Waals surface area contributed by atoms with Crippen LogP contribution in [0, 0.1) is 11.6 Å². The van der Waals surface area contributed by atoms with Crippen LogP contribution in [0.5, 0.6) is 0 Å². The van der Waals surface area contributed by atoms with Gasteiger partial charge in [-0.25, -0.2) is 8.78 Å². The van der Waals surface area contributed by atoms with E-state index < -0.39 is 11.6 Å². The van der Waals surface area contributed by atoms with Crippen LogP contribution in [0.15, 0.2) is 18.2 Å². The van der Waals surface area contributed by atoms with Crippen molar-refractivity contribution in [2.75, 3.05) is 6.54 Å². The number of rotatable bonds is 5. The molecule has 2 N–H and O–H groups in total. The smallest absolute Gasteiger partial charge is 0.130 e. The van der Waals surface area contributed by atoms with E-state index in [1.165, 1.54) is 31.4 Å². The highest BCUT2D eigenvalue weighted by Crippen LogP contribution is 2.13. The van der Waals surface area contributed by atoms with Gasteiger partial charge in [0.25, 0.3) is 0 Å². The third kappa shape index (κ3) is 4.55. The van der Waals surface area contributed by atoms with Gasteiger partial charge in [-0.1, -0.05) is 12.5 Å². The molecule has 0 aliphatic carbocycles. The van der Waals surface area contributed by atoms with E-state index in [2.05, 4.69) is 17.6 Å². The summed E-state index contributed by atoms with van der Waals surface area (Å²) in [5, 5.41) is 6.81. The Kier molecular flexibility index (Phi) is 5.28. The van der Waals surface area contributed by atoms with Crippen LogP contribution in [0.4, 0.5) is 8.78 Å². The van der Waals surface area contributed by atoms with Crippen LogP contribution in [0.2, 0.25) is 0 Å². The molecule has 0 radical (unpaired) electrons. The van der Waals surface area contributed by atoms with Crippen molar-refractivity contribution in [1.82, 2.24) is 10.6 Å². The summed E-state index contributed by atoms with van der Waals surface area (Å²) < 4.78 is 26.3. The van der Waals surface area contributed by atoms with Crippen molar-refractivity contribution in [2.24, 2.45) is 0 Å². The summed E-state index contributed by atoms with van der Waals surface area (Å²) in [6, 6.07) is 4.62. The lowest BCUT2D eigenvalue weighted by Gasteiger charge is -2.26. The van der Waals surface area contributed by atoms with Gasteiger partial charge in [0, 0.05) is 30.3 Å². The first-order valence-electron chi connectivity index (χ1n) is 7.06. The first-order chi connectivity index (χ1) is 9.15. The first-order valence-corrected chi connectivity index (χ1v) is 7.06. The number of nitrogens with one attached hydrogen (secondary N) is 2. The molecular weight excluding hydrogens is 246 g/mol. The molecule has 2 atom stereocenters. The van der Waals surface area contributed by atoms with Gasteiger partial charge in [-0.2, -0.15) is 0 Å². The SMILES string of the molecule is CC(CC1CCCCN1)NCc1ccc(F)cc1F. The Balaban J connectivity index is 1.77. The van der Waals surface area contributed by atoms with E-state index in [4.69, 9.17) is 0 Å². The monoisotopic (exact) mass is 268 g/mol. The Bertz CT molecular complexity index is 403. The number of halogens is 2. The fraction of sp³-hybridized carbons (Fsp3) is 0.600. The van der Waals surface area contributed by atoms with Crippen molar-refractivity contribution in [1.29, 1.82) is 0 Å². The van der Waals surface area contributed by atoms with Crippen LogP contribution < -0.4 is 10.6 Å². The molecular formula is C15H22F2N2. The zero-order valence-corrected chi connectivity index (χ0v) is 11.4. The van der Waals surface area contributed by atoms with E-state index in [0.29, 0.717) is 24.2 Å². The maximum absolute atomic E-state index is 13.5. The summed E-state index contributed by atoms with van der Waals surface area (Å²) in [5.74, 6) is -1.00. The topological polar surface area (TPSA) is 24.1 Å². The maximum atomic E-state index is 13.5. The van der Waals surface area contributed by atoms with Crippen molar-refractivity contribution in [3.8, 4) is 0 Å². The molecule has 1 aliphatic heterocycles. The zero-order valence-electron chi connectivity index (χ0n) is 11.4. The molecule has 2 unspecified atom stereocenters. The summed E-state index contributed by atoms with van der Waals surface area (Å²) in [7, 11) is 0. The average molecular weight is 268 g/mol. The second-order valence-corrected chi connectivity index (χ2v) is 5.40. The average Bonchev–Trinajstić information content (AvgIpc) is 2.39. The van der Waals surface area contributed by atoms with Crippen LogP contribution in [-0.4, -0.2) is 18.6 Å². The van der Waals surface area contributed by atoms with Gasteiger partial charge in [-0.15, -0.1) is 0 Å². The van der Waals surface area contributed by atoms with Crippen molar-refractivity contribution in [3.63, 3.8) is 0 Å². The molecule has 4 heteroatoms. The molecule has 1 saturated heterocycles. The summed E-state index contributed by atoms with van der Waals surface area (Å²) in [4.78, 5) is 0. The molecule has 0 bridgehead atoms. The molecule has 2 nitrogen and oxygen atoms in total. The standard InChI is InChI=1S/C15H22F2N2/c1-11(8-14-4-2-3-7-18-14)19-10-12-5-6-13(16)9-15(12)17/h5-6,9,11,14,18-19H,2-4,7-8,10H2,1H3. The molecule has 106 valence electrons. The van der Waals surface area contributed by atoms with Crippen LogP contribution in [0.25, 0.3) is 0 Å². The van der Waals surface area contributed by atoms with E-state index in [9.17, 15) is 8.78 Å². The third-order valence-corrected chi connectivity index (χ3v) is 3.71. The predicted molar refractivity (Wildman–Crippen MR) is 72.9 cm³/mol. The van der Waals surface area contributed by atoms with Crippen molar-refractivity contribution < 1.29 is 8.78 Å². The third-order valence-electron chi connectivity index (χ3n) is 3.71. The molecule has 2 rings (SSSR count). The van der Waals surface area contributed by atoms with E-state index >= 15 is 0 Å². The number of benzene rings is 1. The summed E-state index contributed by atoms with van der Waals surface area (Å²) in [6.45, 7) is 3.65. The van der Waals surface area contributed by atoms with Crippen molar-refractivity contribution in [3.05, 3.63) is 35.4 Å². The number of hydrogen-bond donors (Lipinski definition) is 2. The highest BCUT2D eigenvalue weighted by molar-refractivity contribution is 5.18. The second kappa shape index (κ2) is 6.96. The Hall–Kier alpha value is -1.00. The highest BCUT2D eigenvalue weighted by atomic mass is 19.1. The maximum Gasteiger partial charge on any atom is 0.130 e. The summed E-state index contributed by atoms with van der Waals surface area (Å²) in [6.07, 6.45) is 4.82. The predicted octanol–water partition coefficient (Wildman–Crippen LogP) is 2.98. The number of piperidine rings is 1. The summed E-state index contributed by atoms with van der Waals surface area (Å²) >= 11 is 0. The van der Waals surface area contributed by atoms with Crippen LogP contribution in [-0.2, 0) is 6.54 Å². The van der Waals surface area contributed by atoms with Gasteiger partial charge in [0.15, 0.2) is 0 Å². The lowest BCUT2D eigenvalue weighted by Crippen LogP contribution is -2.39. The largest absolute Gasteiger partial charge is 0.314 e. The molecule has 1 heterocycles. The van der Waals surface area contributed by atoms with Crippen molar-refractivity contribution >= 4 is 0 Å². The normalized spacial score (nSPS) is 21.3. The number of hydrogen-bond acceptors (Lipinski definition) is 2. The van der Waals surface area contributed by atoms with Crippen molar-refractivity contribution in [2.45, 2.75) is 51.2 Å². The van der Waals surface area contributed by atoms with Crippen LogP contribution >= 0.6 is 0 Å². The van der Waals surface area contributed by atoms with E-state index in [1.807, 2.05) is 0 Å². The fourth-order valence-electron chi connectivity index (χ4n) is 2.58. The Morgan fingerprint density at radius 1 is 1.37 bits per heavy atom. The minimum absolute atomic E-state index is 0.319. The van der Waals surface area contributed by atoms with E-state index in [-0.39, 0.29) is 0 Å². The fourth-order valence-corrected chi connectivity index (χ4v) is 2.58. The minimum atomic E-state index is -0.527. The lowest BCUT2D eigenvalue weighted by atomic mass is 9.98. The molecule has 0 saturated carbocycles. The highest BCUT2D eigenvalue weighted by Gasteiger charge is 2.15. The van der Waals surface area contributed by atoms with Gasteiger partial charge < -0.3 is 10.6 Å². The Morgan fingerprint density at radius 3 is 2.89 bits per heavy atom. The zero-order chi connectivity index (χ0) is 13.7. The second-order valence-electron chi connectivity index (χ2n) is 5.40. The molecule has 19 heavy (non-hydrogen) atoms. The Labute approximate surface area is 113 Å². The Morgan fingerprint density at radius 2 is 2.21 bits per heavy atom. The molecule has 1 aromatic rings. The quantitative estimate of drug-likeness (QED) is 0.858. The van der Waals surface area contributed by atoms with Gasteiger partial charge >= 0.3 is 0 Å². The minimum Gasteiger partial charge on any atom is -0.314 e. The van der Waals surface area contributed by atoms with Gasteiger partial charge in [0.2, 0.25) is 0 Å². The van der Waals surface area contributed by atoms with E-state index in [0.717, 1.165) is 19.0 Å². The van der Waals surface area contributed by atoms with Crippen LogP contribution in [0.1, 0.15) is 38.2 Å². The van der Waals surface area contributed by atoms with Gasteiger partial charge in [0.1, 0.15) is 11.6 Å². The van der Waals surface area contributed by atoms with Gasteiger partial charge in [-0.05, 0) is 38.8 Å². The summed E-state index contributed by atoms with van der Waals surface area (Å²) in [5.41, 5.74) is 0.518. The molecule has 1 aliphatic rings. The molecule has 0 amide bonds. The van der Waals surface area contributed by atoms with Gasteiger partial charge in [-0.3, -0.25) is 0 Å². The van der Waals surface area contributed by atoms with Gasteiger partial charge in [0.05, 0.1) is 0 Å². The molecule has 0 spiro atoms. The molecule has 0 aromatic heterocycles. The first kappa shape index (κ1) is 14.4. The van der Waals surface area contributed by atoms with E-state index in [1.54, 1.807) is 0 Å².